The van der Waals surface area contributed by atoms with Crippen molar-refractivity contribution in [3.8, 4) is 6.07 Å². The van der Waals surface area contributed by atoms with E-state index in [1.165, 1.54) is 5.69 Å². The standard InChI is InChI=1S/C23H27N5O2/c1-16-17(2)28(14-18-7-6-12-30-18)23(19(16)13-24)25-22(29)15-27-11-5-9-21(27)20-8-4-10-26(20)3/h4,6-8,10,12,21H,5,9,11,14-15H2,1-3H3,(H,25,29)/t21-/m1/s1. The van der Waals surface area contributed by atoms with Gasteiger partial charge in [0.05, 0.1) is 31.0 Å². The smallest absolute Gasteiger partial charge is 0.239 e. The maximum atomic E-state index is 13.0. The van der Waals surface area contributed by atoms with Crippen LogP contribution < -0.4 is 5.32 Å². The molecule has 4 heterocycles. The van der Waals surface area contributed by atoms with Crippen LogP contribution in [0, 0.1) is 25.2 Å². The third-order valence-corrected chi connectivity index (χ3v) is 6.13. The first-order chi connectivity index (χ1) is 14.5. The molecule has 0 bridgehead atoms. The number of nitrogens with zero attached hydrogens (tertiary/aromatic N) is 4. The van der Waals surface area contributed by atoms with Gasteiger partial charge in [-0.1, -0.05) is 0 Å². The molecule has 1 aliphatic heterocycles. The Morgan fingerprint density at radius 2 is 2.17 bits per heavy atom. The Balaban J connectivity index is 1.55. The van der Waals surface area contributed by atoms with Crippen molar-refractivity contribution in [1.29, 1.82) is 5.26 Å². The van der Waals surface area contributed by atoms with E-state index in [0.29, 0.717) is 24.5 Å². The number of rotatable bonds is 6. The van der Waals surface area contributed by atoms with Crippen LogP contribution in [0.2, 0.25) is 0 Å². The number of nitriles is 1. The van der Waals surface area contributed by atoms with Crippen molar-refractivity contribution in [2.75, 3.05) is 18.4 Å². The Morgan fingerprint density at radius 3 is 2.83 bits per heavy atom. The predicted molar refractivity (Wildman–Crippen MR) is 114 cm³/mol. The summed E-state index contributed by atoms with van der Waals surface area (Å²) in [6, 6.07) is 10.4. The topological polar surface area (TPSA) is 79.1 Å². The van der Waals surface area contributed by atoms with Crippen molar-refractivity contribution >= 4 is 11.7 Å². The van der Waals surface area contributed by atoms with Gasteiger partial charge in [-0.25, -0.2) is 0 Å². The average Bonchev–Trinajstić information content (AvgIpc) is 3.49. The van der Waals surface area contributed by atoms with Gasteiger partial charge in [0.25, 0.3) is 0 Å². The van der Waals surface area contributed by atoms with Crippen LogP contribution in [0.25, 0.3) is 0 Å². The largest absolute Gasteiger partial charge is 0.467 e. The molecule has 7 heteroatoms. The lowest BCUT2D eigenvalue weighted by atomic mass is 10.1. The summed E-state index contributed by atoms with van der Waals surface area (Å²) in [5.74, 6) is 1.21. The molecule has 4 rings (SSSR count). The zero-order chi connectivity index (χ0) is 21.3. The van der Waals surface area contributed by atoms with Gasteiger partial charge in [0.2, 0.25) is 5.91 Å². The van der Waals surface area contributed by atoms with E-state index in [-0.39, 0.29) is 11.9 Å². The first-order valence-electron chi connectivity index (χ1n) is 10.3. The molecule has 156 valence electrons. The number of carbonyl (C=O) groups excluding carboxylic acids is 1. The van der Waals surface area contributed by atoms with E-state index < -0.39 is 0 Å². The Morgan fingerprint density at radius 1 is 1.33 bits per heavy atom. The first kappa shape index (κ1) is 20.0. The van der Waals surface area contributed by atoms with Gasteiger partial charge in [-0.15, -0.1) is 0 Å². The molecule has 1 amide bonds. The molecule has 1 atom stereocenters. The van der Waals surface area contributed by atoms with E-state index in [0.717, 1.165) is 36.4 Å². The lowest BCUT2D eigenvalue weighted by Crippen LogP contribution is -2.34. The van der Waals surface area contributed by atoms with Crippen molar-refractivity contribution in [2.45, 2.75) is 39.3 Å². The highest BCUT2D eigenvalue weighted by Gasteiger charge is 2.30. The van der Waals surface area contributed by atoms with Gasteiger partial charge in [0.15, 0.2) is 0 Å². The fourth-order valence-corrected chi connectivity index (χ4v) is 4.41. The van der Waals surface area contributed by atoms with E-state index in [2.05, 4.69) is 26.9 Å². The molecular formula is C23H27N5O2. The Labute approximate surface area is 176 Å². The molecule has 0 aromatic carbocycles. The number of hydrogen-bond donors (Lipinski definition) is 1. The van der Waals surface area contributed by atoms with Gasteiger partial charge >= 0.3 is 0 Å². The number of hydrogen-bond acceptors (Lipinski definition) is 4. The molecule has 1 N–H and O–H groups in total. The Kier molecular flexibility index (Phi) is 5.51. The van der Waals surface area contributed by atoms with Crippen molar-refractivity contribution in [3.63, 3.8) is 0 Å². The zero-order valence-electron chi connectivity index (χ0n) is 17.7. The summed E-state index contributed by atoms with van der Waals surface area (Å²) in [5, 5.41) is 12.7. The second kappa shape index (κ2) is 8.25. The monoisotopic (exact) mass is 405 g/mol. The van der Waals surface area contributed by atoms with Crippen LogP contribution in [0.1, 0.15) is 47.2 Å². The minimum atomic E-state index is -0.106. The minimum Gasteiger partial charge on any atom is -0.467 e. The lowest BCUT2D eigenvalue weighted by Gasteiger charge is -2.24. The van der Waals surface area contributed by atoms with E-state index >= 15 is 0 Å². The Hall–Kier alpha value is -3.24. The van der Waals surface area contributed by atoms with Gasteiger partial charge in [-0.05, 0) is 63.1 Å². The molecule has 0 unspecified atom stereocenters. The number of aromatic nitrogens is 2. The lowest BCUT2D eigenvalue weighted by molar-refractivity contribution is -0.117. The summed E-state index contributed by atoms with van der Waals surface area (Å²) in [7, 11) is 2.04. The number of nitrogens with one attached hydrogen (secondary N) is 1. The molecule has 0 radical (unpaired) electrons. The van der Waals surface area contributed by atoms with E-state index in [1.807, 2.05) is 49.9 Å². The van der Waals surface area contributed by atoms with Gasteiger partial charge in [-0.2, -0.15) is 5.26 Å². The van der Waals surface area contributed by atoms with Crippen molar-refractivity contribution < 1.29 is 9.21 Å². The zero-order valence-corrected chi connectivity index (χ0v) is 17.7. The van der Waals surface area contributed by atoms with Gasteiger partial charge < -0.3 is 18.9 Å². The van der Waals surface area contributed by atoms with Crippen LogP contribution in [0.15, 0.2) is 41.1 Å². The molecular weight excluding hydrogens is 378 g/mol. The summed E-state index contributed by atoms with van der Waals surface area (Å²) < 4.78 is 9.55. The number of amides is 1. The van der Waals surface area contributed by atoms with Crippen LogP contribution in [0.4, 0.5) is 5.82 Å². The average molecular weight is 406 g/mol. The second-order valence-electron chi connectivity index (χ2n) is 7.93. The molecule has 1 fully saturated rings. The van der Waals surface area contributed by atoms with Crippen molar-refractivity contribution in [1.82, 2.24) is 14.0 Å². The highest BCUT2D eigenvalue weighted by atomic mass is 16.3. The van der Waals surface area contributed by atoms with Crippen LogP contribution in [-0.2, 0) is 18.4 Å². The molecule has 1 aliphatic rings. The maximum Gasteiger partial charge on any atom is 0.239 e. The molecule has 1 saturated heterocycles. The van der Waals surface area contributed by atoms with Crippen LogP contribution in [-0.4, -0.2) is 33.0 Å². The quantitative estimate of drug-likeness (QED) is 0.678. The van der Waals surface area contributed by atoms with Crippen LogP contribution >= 0.6 is 0 Å². The summed E-state index contributed by atoms with van der Waals surface area (Å²) in [4.78, 5) is 15.2. The highest BCUT2D eigenvalue weighted by Crippen LogP contribution is 2.32. The third kappa shape index (κ3) is 3.66. The number of anilines is 1. The van der Waals surface area contributed by atoms with E-state index in [1.54, 1.807) is 6.26 Å². The summed E-state index contributed by atoms with van der Waals surface area (Å²) in [6.45, 7) is 5.52. The SMILES string of the molecule is Cc1c(C#N)c(NC(=O)CN2CCC[C@@H]2c2cccn2C)n(Cc2ccco2)c1C. The fourth-order valence-electron chi connectivity index (χ4n) is 4.41. The molecule has 3 aromatic heterocycles. The second-order valence-corrected chi connectivity index (χ2v) is 7.93. The minimum absolute atomic E-state index is 0.106. The normalized spacial score (nSPS) is 16.7. The number of carbonyl (C=O) groups is 1. The number of furan rings is 1. The molecule has 0 spiro atoms. The van der Waals surface area contributed by atoms with Crippen molar-refractivity contribution in [2.24, 2.45) is 7.05 Å². The molecule has 3 aromatic rings. The van der Waals surface area contributed by atoms with Crippen molar-refractivity contribution in [3.05, 3.63) is 65.0 Å². The van der Waals surface area contributed by atoms with Gasteiger partial charge in [0, 0.05) is 24.6 Å². The summed E-state index contributed by atoms with van der Waals surface area (Å²) in [6.07, 6.45) is 5.78. The predicted octanol–water partition coefficient (Wildman–Crippen LogP) is 3.73. The third-order valence-electron chi connectivity index (χ3n) is 6.13. The first-order valence-corrected chi connectivity index (χ1v) is 10.3. The molecule has 7 nitrogen and oxygen atoms in total. The Bertz CT molecular complexity index is 1080. The summed E-state index contributed by atoms with van der Waals surface area (Å²) >= 11 is 0. The van der Waals surface area contributed by atoms with Gasteiger partial charge in [-0.3, -0.25) is 9.69 Å². The maximum absolute atomic E-state index is 13.0. The van der Waals surface area contributed by atoms with Crippen LogP contribution in [0.5, 0.6) is 0 Å². The summed E-state index contributed by atoms with van der Waals surface area (Å²) in [5.41, 5.74) is 3.56. The molecule has 0 aliphatic carbocycles. The molecule has 0 saturated carbocycles. The van der Waals surface area contributed by atoms with E-state index in [9.17, 15) is 10.1 Å². The fraction of sp³-hybridized carbons (Fsp3) is 0.391. The molecule has 30 heavy (non-hydrogen) atoms. The highest BCUT2D eigenvalue weighted by molar-refractivity contribution is 5.93. The number of aryl methyl sites for hydroxylation is 1. The van der Waals surface area contributed by atoms with E-state index in [4.69, 9.17) is 4.42 Å². The number of likely N-dealkylation sites (tertiary alicyclic amines) is 1. The van der Waals surface area contributed by atoms with Crippen LogP contribution in [0.3, 0.4) is 0 Å². The van der Waals surface area contributed by atoms with Gasteiger partial charge in [0.1, 0.15) is 17.6 Å².